The summed E-state index contributed by atoms with van der Waals surface area (Å²) in [6.07, 6.45) is 5.34. The Labute approximate surface area is 162 Å². The van der Waals surface area contributed by atoms with Gasteiger partial charge in [-0.25, -0.2) is 4.98 Å². The minimum absolute atomic E-state index is 0.547. The van der Waals surface area contributed by atoms with Gasteiger partial charge in [0.15, 0.2) is 5.76 Å². The van der Waals surface area contributed by atoms with Gasteiger partial charge in [-0.3, -0.25) is 4.68 Å². The summed E-state index contributed by atoms with van der Waals surface area (Å²) in [6.45, 7) is 0.549. The molecule has 0 saturated heterocycles. The van der Waals surface area contributed by atoms with Crippen molar-refractivity contribution in [3.63, 3.8) is 0 Å². The molecule has 6 nitrogen and oxygen atoms in total. The van der Waals surface area contributed by atoms with Crippen LogP contribution in [0.15, 0.2) is 67.3 Å². The van der Waals surface area contributed by atoms with Crippen molar-refractivity contribution in [1.82, 2.24) is 19.8 Å². The van der Waals surface area contributed by atoms with Crippen LogP contribution in [0.25, 0.3) is 5.76 Å². The zero-order chi connectivity index (χ0) is 18.9. The van der Waals surface area contributed by atoms with Crippen molar-refractivity contribution in [2.45, 2.75) is 12.1 Å². The molecule has 1 aliphatic rings. The molecule has 138 valence electrons. The summed E-state index contributed by atoms with van der Waals surface area (Å²) in [7, 11) is 3.57. The second kappa shape index (κ2) is 7.06. The van der Waals surface area contributed by atoms with E-state index in [2.05, 4.69) is 16.2 Å². The number of rotatable bonds is 5. The first-order valence-corrected chi connectivity index (χ1v) is 8.86. The van der Waals surface area contributed by atoms with Gasteiger partial charge >= 0.3 is 0 Å². The van der Waals surface area contributed by atoms with E-state index in [1.165, 1.54) is 6.33 Å². The summed E-state index contributed by atoms with van der Waals surface area (Å²) >= 11 is 6.02. The van der Waals surface area contributed by atoms with Gasteiger partial charge in [-0.1, -0.05) is 23.7 Å². The van der Waals surface area contributed by atoms with Crippen molar-refractivity contribution in [2.24, 2.45) is 0 Å². The molecule has 1 aromatic heterocycles. The molecule has 1 aliphatic heterocycles. The number of aromatic nitrogens is 3. The van der Waals surface area contributed by atoms with E-state index >= 15 is 0 Å². The summed E-state index contributed by atoms with van der Waals surface area (Å²) in [5.74, 6) is 1.57. The average Bonchev–Trinajstić information content (AvgIpc) is 3.31. The quantitative estimate of drug-likeness (QED) is 0.672. The second-order valence-electron chi connectivity index (χ2n) is 6.35. The molecule has 0 spiro atoms. The number of ether oxygens (including phenoxy) is 1. The third kappa shape index (κ3) is 3.29. The Hall–Kier alpha value is -2.83. The highest BCUT2D eigenvalue weighted by Gasteiger charge is 2.43. The van der Waals surface area contributed by atoms with Crippen LogP contribution in [0.4, 0.5) is 0 Å². The van der Waals surface area contributed by atoms with E-state index in [0.717, 1.165) is 22.6 Å². The maximum absolute atomic E-state index is 6.12. The van der Waals surface area contributed by atoms with Crippen molar-refractivity contribution >= 4 is 17.4 Å². The highest BCUT2D eigenvalue weighted by molar-refractivity contribution is 6.30. The topological polar surface area (TPSA) is 52.4 Å². The van der Waals surface area contributed by atoms with E-state index in [0.29, 0.717) is 11.6 Å². The van der Waals surface area contributed by atoms with Crippen molar-refractivity contribution in [3.8, 4) is 5.75 Å². The van der Waals surface area contributed by atoms with Gasteiger partial charge in [-0.05, 0) is 48.0 Å². The molecule has 0 aliphatic carbocycles. The first kappa shape index (κ1) is 17.6. The number of benzene rings is 2. The van der Waals surface area contributed by atoms with E-state index in [1.54, 1.807) is 18.1 Å². The Kier molecular flexibility index (Phi) is 4.59. The molecule has 0 amide bonds. The SMILES string of the molecule is COc1ccc(C2(Cn3cncn3)C=C(c3ccc(Cl)cc3)ON2C)cc1. The van der Waals surface area contributed by atoms with E-state index in [-0.39, 0.29) is 0 Å². The van der Waals surface area contributed by atoms with Crippen LogP contribution >= 0.6 is 11.6 Å². The number of likely N-dealkylation sites (N-methyl/N-ethyl adjacent to an activating group) is 1. The van der Waals surface area contributed by atoms with Crippen LogP contribution < -0.4 is 4.74 Å². The second-order valence-corrected chi connectivity index (χ2v) is 6.79. The van der Waals surface area contributed by atoms with Crippen molar-refractivity contribution < 1.29 is 9.57 Å². The van der Waals surface area contributed by atoms with E-state index in [1.807, 2.05) is 60.6 Å². The van der Waals surface area contributed by atoms with Crippen LogP contribution in [0.2, 0.25) is 5.02 Å². The molecule has 1 atom stereocenters. The smallest absolute Gasteiger partial charge is 0.153 e. The molecule has 27 heavy (non-hydrogen) atoms. The van der Waals surface area contributed by atoms with Crippen LogP contribution in [-0.2, 0) is 16.9 Å². The highest BCUT2D eigenvalue weighted by Crippen LogP contribution is 2.41. The lowest BCUT2D eigenvalue weighted by molar-refractivity contribution is -0.118. The summed E-state index contributed by atoms with van der Waals surface area (Å²) in [5.41, 5.74) is 1.47. The summed E-state index contributed by atoms with van der Waals surface area (Å²) in [4.78, 5) is 10.2. The molecule has 2 aromatic carbocycles. The molecule has 0 bridgehead atoms. The minimum Gasteiger partial charge on any atom is -0.497 e. The monoisotopic (exact) mass is 382 g/mol. The lowest BCUT2D eigenvalue weighted by atomic mass is 9.88. The molecule has 0 fully saturated rings. The van der Waals surface area contributed by atoms with Gasteiger partial charge in [0, 0.05) is 17.6 Å². The number of methoxy groups -OCH3 is 1. The number of hydroxylamine groups is 2. The van der Waals surface area contributed by atoms with Crippen molar-refractivity contribution in [1.29, 1.82) is 0 Å². The van der Waals surface area contributed by atoms with Crippen LogP contribution in [0.1, 0.15) is 11.1 Å². The maximum Gasteiger partial charge on any atom is 0.153 e. The summed E-state index contributed by atoms with van der Waals surface area (Å²) in [6, 6.07) is 15.6. The Morgan fingerprint density at radius 2 is 1.85 bits per heavy atom. The fraction of sp³-hybridized carbons (Fsp3) is 0.200. The summed E-state index contributed by atoms with van der Waals surface area (Å²) in [5, 5.41) is 6.82. The minimum atomic E-state index is -0.547. The van der Waals surface area contributed by atoms with Gasteiger partial charge in [0.05, 0.1) is 13.7 Å². The van der Waals surface area contributed by atoms with Gasteiger partial charge < -0.3 is 9.57 Å². The molecule has 2 heterocycles. The molecule has 0 radical (unpaired) electrons. The number of hydrogen-bond acceptors (Lipinski definition) is 5. The predicted octanol–water partition coefficient (Wildman–Crippen LogP) is 3.75. The van der Waals surface area contributed by atoms with Crippen LogP contribution in [0.3, 0.4) is 0 Å². The largest absolute Gasteiger partial charge is 0.497 e. The van der Waals surface area contributed by atoms with Crippen molar-refractivity contribution in [3.05, 3.63) is 83.4 Å². The number of halogens is 1. The number of nitrogens with zero attached hydrogens (tertiary/aromatic N) is 4. The zero-order valence-electron chi connectivity index (χ0n) is 15.0. The van der Waals surface area contributed by atoms with Gasteiger partial charge in [0.25, 0.3) is 0 Å². The van der Waals surface area contributed by atoms with Crippen LogP contribution in [0.5, 0.6) is 5.75 Å². The van der Waals surface area contributed by atoms with Gasteiger partial charge in [0.2, 0.25) is 0 Å². The fourth-order valence-corrected chi connectivity index (χ4v) is 3.38. The van der Waals surface area contributed by atoms with Crippen LogP contribution in [0, 0.1) is 0 Å². The Balaban J connectivity index is 1.80. The highest BCUT2D eigenvalue weighted by atomic mass is 35.5. The first-order valence-electron chi connectivity index (χ1n) is 8.48. The van der Waals surface area contributed by atoms with Gasteiger partial charge in [-0.2, -0.15) is 5.10 Å². The lowest BCUT2D eigenvalue weighted by Crippen LogP contribution is -2.41. The van der Waals surface area contributed by atoms with E-state index < -0.39 is 5.54 Å². The lowest BCUT2D eigenvalue weighted by Gasteiger charge is -2.33. The first-order chi connectivity index (χ1) is 13.1. The molecular formula is C20H19ClN4O2. The standard InChI is InChI=1S/C20H19ClN4O2/c1-24-20(12-25-14-22-13-23-25,16-5-9-18(26-2)10-6-16)11-19(27-24)15-3-7-17(21)8-4-15/h3-11,13-14H,12H2,1-2H3. The Morgan fingerprint density at radius 3 is 2.48 bits per heavy atom. The molecule has 7 heteroatoms. The molecule has 1 unspecified atom stereocenters. The Bertz CT molecular complexity index is 939. The van der Waals surface area contributed by atoms with Gasteiger partial charge in [0.1, 0.15) is 23.9 Å². The van der Waals surface area contributed by atoms with Crippen LogP contribution in [-0.4, -0.2) is 34.0 Å². The molecule has 3 aromatic rings. The number of hydrogen-bond donors (Lipinski definition) is 0. The van der Waals surface area contributed by atoms with Gasteiger partial charge in [-0.15, -0.1) is 5.06 Å². The van der Waals surface area contributed by atoms with E-state index in [9.17, 15) is 0 Å². The predicted molar refractivity (Wildman–Crippen MR) is 103 cm³/mol. The maximum atomic E-state index is 6.12. The fourth-order valence-electron chi connectivity index (χ4n) is 3.26. The van der Waals surface area contributed by atoms with E-state index in [4.69, 9.17) is 21.2 Å². The Morgan fingerprint density at radius 1 is 1.11 bits per heavy atom. The molecule has 0 N–H and O–H groups in total. The summed E-state index contributed by atoms with van der Waals surface area (Å²) < 4.78 is 7.10. The molecule has 0 saturated carbocycles. The third-order valence-electron chi connectivity index (χ3n) is 4.76. The van der Waals surface area contributed by atoms with Crippen molar-refractivity contribution in [2.75, 3.05) is 14.2 Å². The molecule has 4 rings (SSSR count). The average molecular weight is 383 g/mol. The third-order valence-corrected chi connectivity index (χ3v) is 5.01. The zero-order valence-corrected chi connectivity index (χ0v) is 15.8. The normalized spacial score (nSPS) is 19.6. The molecular weight excluding hydrogens is 364 g/mol.